The molecule has 0 amide bonds. The number of nitrogens with two attached hydrogens (primary N) is 1. The molecule has 1 aromatic rings. The van der Waals surface area contributed by atoms with Crippen LogP contribution in [0.25, 0.3) is 0 Å². The first-order valence-corrected chi connectivity index (χ1v) is 8.05. The van der Waals surface area contributed by atoms with E-state index in [1.807, 2.05) is 0 Å². The zero-order valence-electron chi connectivity index (χ0n) is 9.56. The van der Waals surface area contributed by atoms with Gasteiger partial charge in [-0.05, 0) is 28.3 Å². The standard InChI is InChI=1S/C9H14BrN5O2S/c10-7-4-13-9(15-11)14-8(7)12-3-6-1-2-18(16,17)5-6/h4,6H,1-3,5,11H2,(H2,12,13,14,15). The van der Waals surface area contributed by atoms with Crippen LogP contribution in [0.4, 0.5) is 11.8 Å². The van der Waals surface area contributed by atoms with Gasteiger partial charge in [0, 0.05) is 12.7 Å². The van der Waals surface area contributed by atoms with Gasteiger partial charge in [0.2, 0.25) is 5.95 Å². The molecule has 100 valence electrons. The third kappa shape index (κ3) is 3.30. The largest absolute Gasteiger partial charge is 0.369 e. The lowest BCUT2D eigenvalue weighted by Gasteiger charge is -2.11. The Bertz CT molecular complexity index is 536. The molecule has 1 unspecified atom stereocenters. The molecule has 1 aromatic heterocycles. The molecule has 0 spiro atoms. The number of nitrogens with one attached hydrogen (secondary N) is 2. The summed E-state index contributed by atoms with van der Waals surface area (Å²) in [4.78, 5) is 8.06. The Morgan fingerprint density at radius 2 is 2.33 bits per heavy atom. The van der Waals surface area contributed by atoms with Crippen molar-refractivity contribution >= 4 is 37.5 Å². The van der Waals surface area contributed by atoms with Crippen molar-refractivity contribution in [1.29, 1.82) is 0 Å². The van der Waals surface area contributed by atoms with Crippen molar-refractivity contribution in [3.8, 4) is 0 Å². The lowest BCUT2D eigenvalue weighted by Crippen LogP contribution is -2.18. The first kappa shape index (κ1) is 13.5. The molecular weight excluding hydrogens is 322 g/mol. The van der Waals surface area contributed by atoms with Crippen LogP contribution in [0, 0.1) is 5.92 Å². The molecule has 18 heavy (non-hydrogen) atoms. The number of hydrogen-bond donors (Lipinski definition) is 3. The van der Waals surface area contributed by atoms with Crippen molar-refractivity contribution in [2.24, 2.45) is 11.8 Å². The zero-order chi connectivity index (χ0) is 13.2. The number of hydrazine groups is 1. The minimum absolute atomic E-state index is 0.131. The lowest BCUT2D eigenvalue weighted by atomic mass is 10.1. The predicted octanol–water partition coefficient (Wildman–Crippen LogP) is 0.371. The van der Waals surface area contributed by atoms with Crippen LogP contribution in [0.5, 0.6) is 0 Å². The number of anilines is 2. The summed E-state index contributed by atoms with van der Waals surface area (Å²) in [7, 11) is -2.84. The van der Waals surface area contributed by atoms with Crippen molar-refractivity contribution in [3.63, 3.8) is 0 Å². The molecule has 2 heterocycles. The second-order valence-electron chi connectivity index (χ2n) is 4.18. The van der Waals surface area contributed by atoms with E-state index in [1.54, 1.807) is 6.20 Å². The van der Waals surface area contributed by atoms with Gasteiger partial charge in [0.15, 0.2) is 9.84 Å². The molecule has 2 rings (SSSR count). The fraction of sp³-hybridized carbons (Fsp3) is 0.556. The molecule has 0 aliphatic carbocycles. The van der Waals surface area contributed by atoms with E-state index >= 15 is 0 Å². The van der Waals surface area contributed by atoms with E-state index in [0.717, 1.165) is 0 Å². The molecule has 7 nitrogen and oxygen atoms in total. The van der Waals surface area contributed by atoms with Crippen molar-refractivity contribution in [3.05, 3.63) is 10.7 Å². The number of halogens is 1. The Hall–Kier alpha value is -0.930. The molecule has 0 aromatic carbocycles. The summed E-state index contributed by atoms with van der Waals surface area (Å²) in [6.07, 6.45) is 2.27. The third-order valence-corrected chi connectivity index (χ3v) is 5.18. The lowest BCUT2D eigenvalue weighted by molar-refractivity contribution is 0.595. The first-order valence-electron chi connectivity index (χ1n) is 5.43. The highest BCUT2D eigenvalue weighted by Crippen LogP contribution is 2.23. The maximum absolute atomic E-state index is 11.3. The molecule has 0 radical (unpaired) electrons. The molecule has 1 aliphatic heterocycles. The van der Waals surface area contributed by atoms with Gasteiger partial charge in [0.1, 0.15) is 5.82 Å². The van der Waals surface area contributed by atoms with Gasteiger partial charge >= 0.3 is 0 Å². The molecule has 4 N–H and O–H groups in total. The smallest absolute Gasteiger partial charge is 0.239 e. The summed E-state index contributed by atoms with van der Waals surface area (Å²) >= 11 is 3.32. The van der Waals surface area contributed by atoms with Gasteiger partial charge in [-0.15, -0.1) is 0 Å². The second kappa shape index (κ2) is 5.37. The van der Waals surface area contributed by atoms with Gasteiger partial charge in [-0.2, -0.15) is 4.98 Å². The number of rotatable bonds is 4. The summed E-state index contributed by atoms with van der Waals surface area (Å²) in [5.74, 6) is 6.78. The van der Waals surface area contributed by atoms with Crippen molar-refractivity contribution < 1.29 is 8.42 Å². The van der Waals surface area contributed by atoms with E-state index in [2.05, 4.69) is 36.6 Å². The van der Waals surface area contributed by atoms with E-state index in [1.165, 1.54) is 0 Å². The number of nitrogen functional groups attached to an aromatic ring is 1. The fourth-order valence-electron chi connectivity index (χ4n) is 1.83. The van der Waals surface area contributed by atoms with Crippen LogP contribution in [0.2, 0.25) is 0 Å². The molecular formula is C9H14BrN5O2S. The summed E-state index contributed by atoms with van der Waals surface area (Å²) in [5.41, 5.74) is 2.36. The number of aromatic nitrogens is 2. The van der Waals surface area contributed by atoms with Gasteiger partial charge in [0.25, 0.3) is 0 Å². The first-order chi connectivity index (χ1) is 8.50. The molecule has 1 aliphatic rings. The second-order valence-corrected chi connectivity index (χ2v) is 7.27. The molecule has 1 saturated heterocycles. The summed E-state index contributed by atoms with van der Waals surface area (Å²) < 4.78 is 23.4. The predicted molar refractivity (Wildman–Crippen MR) is 72.8 cm³/mol. The molecule has 0 saturated carbocycles. The van der Waals surface area contributed by atoms with Gasteiger partial charge in [-0.1, -0.05) is 0 Å². The molecule has 1 atom stereocenters. The highest BCUT2D eigenvalue weighted by molar-refractivity contribution is 9.10. The normalized spacial score (nSPS) is 21.8. The fourth-order valence-corrected chi connectivity index (χ4v) is 4.03. The Morgan fingerprint density at radius 1 is 1.56 bits per heavy atom. The number of hydrogen-bond acceptors (Lipinski definition) is 7. The van der Waals surface area contributed by atoms with E-state index in [0.29, 0.717) is 29.2 Å². The molecule has 0 bridgehead atoms. The average Bonchev–Trinajstić information content (AvgIpc) is 2.68. The van der Waals surface area contributed by atoms with Gasteiger partial charge in [0.05, 0.1) is 16.0 Å². The zero-order valence-corrected chi connectivity index (χ0v) is 12.0. The third-order valence-electron chi connectivity index (χ3n) is 2.76. The van der Waals surface area contributed by atoms with Crippen LogP contribution in [-0.4, -0.2) is 36.4 Å². The number of sulfone groups is 1. The van der Waals surface area contributed by atoms with E-state index in [4.69, 9.17) is 5.84 Å². The monoisotopic (exact) mass is 335 g/mol. The highest BCUT2D eigenvalue weighted by Gasteiger charge is 2.27. The summed E-state index contributed by atoms with van der Waals surface area (Å²) in [6, 6.07) is 0. The molecule has 1 fully saturated rings. The summed E-state index contributed by atoms with van der Waals surface area (Å²) in [5, 5.41) is 3.11. The quantitative estimate of drug-likeness (QED) is 0.538. The van der Waals surface area contributed by atoms with Gasteiger partial charge in [-0.3, -0.25) is 5.43 Å². The van der Waals surface area contributed by atoms with Crippen LogP contribution in [0.15, 0.2) is 10.7 Å². The van der Waals surface area contributed by atoms with Crippen LogP contribution >= 0.6 is 15.9 Å². The van der Waals surface area contributed by atoms with Crippen LogP contribution in [0.1, 0.15) is 6.42 Å². The Morgan fingerprint density at radius 3 is 2.94 bits per heavy atom. The van der Waals surface area contributed by atoms with Crippen molar-refractivity contribution in [1.82, 2.24) is 9.97 Å². The molecule has 9 heteroatoms. The van der Waals surface area contributed by atoms with E-state index < -0.39 is 9.84 Å². The SMILES string of the molecule is NNc1ncc(Br)c(NCC2CCS(=O)(=O)C2)n1. The van der Waals surface area contributed by atoms with Crippen LogP contribution < -0.4 is 16.6 Å². The van der Waals surface area contributed by atoms with Gasteiger partial charge < -0.3 is 5.32 Å². The van der Waals surface area contributed by atoms with E-state index in [-0.39, 0.29) is 17.4 Å². The van der Waals surface area contributed by atoms with E-state index in [9.17, 15) is 8.42 Å². The maximum atomic E-state index is 11.3. The summed E-state index contributed by atoms with van der Waals surface area (Å²) in [6.45, 7) is 0.568. The average molecular weight is 336 g/mol. The van der Waals surface area contributed by atoms with Crippen LogP contribution in [-0.2, 0) is 9.84 Å². The number of nitrogens with zero attached hydrogens (tertiary/aromatic N) is 2. The highest BCUT2D eigenvalue weighted by atomic mass is 79.9. The van der Waals surface area contributed by atoms with Crippen molar-refractivity contribution in [2.75, 3.05) is 28.8 Å². The van der Waals surface area contributed by atoms with Crippen LogP contribution in [0.3, 0.4) is 0 Å². The Kier molecular flexibility index (Phi) is 4.03. The Labute approximate surface area is 114 Å². The minimum Gasteiger partial charge on any atom is -0.369 e. The minimum atomic E-state index is -2.84. The van der Waals surface area contributed by atoms with Gasteiger partial charge in [-0.25, -0.2) is 19.2 Å². The maximum Gasteiger partial charge on any atom is 0.239 e. The topological polar surface area (TPSA) is 110 Å². The Balaban J connectivity index is 1.98. The van der Waals surface area contributed by atoms with Crippen molar-refractivity contribution in [2.45, 2.75) is 6.42 Å².